The Morgan fingerprint density at radius 1 is 0.964 bits per heavy atom. The number of fused-ring (bicyclic) bond motifs is 1. The van der Waals surface area contributed by atoms with Crippen molar-refractivity contribution in [2.24, 2.45) is 7.05 Å². The highest BCUT2D eigenvalue weighted by Crippen LogP contribution is 2.36. The van der Waals surface area contributed by atoms with Crippen LogP contribution in [0, 0.1) is 6.92 Å². The van der Waals surface area contributed by atoms with E-state index in [-0.39, 0.29) is 11.5 Å². The Hall–Kier alpha value is -2.94. The summed E-state index contributed by atoms with van der Waals surface area (Å²) >= 11 is 0. The van der Waals surface area contributed by atoms with Gasteiger partial charge in [-0.2, -0.15) is 0 Å². The molecular formula is C25H25NO2. The highest BCUT2D eigenvalue weighted by Gasteiger charge is 2.23. The Morgan fingerprint density at radius 3 is 2.43 bits per heavy atom. The van der Waals surface area contributed by atoms with Gasteiger partial charge in [-0.15, -0.1) is 0 Å². The molecule has 0 radical (unpaired) electrons. The highest BCUT2D eigenvalue weighted by atomic mass is 16.1. The zero-order chi connectivity index (χ0) is 19.8. The number of carbonyl (C=O) groups is 1. The maximum Gasteiger partial charge on any atom is 0.253 e. The van der Waals surface area contributed by atoms with E-state index >= 15 is 0 Å². The first-order chi connectivity index (χ1) is 13.4. The van der Waals surface area contributed by atoms with Gasteiger partial charge in [0.25, 0.3) is 5.56 Å². The number of rotatable bonds is 3. The molecule has 1 heterocycles. The molecule has 3 nitrogen and oxygen atoms in total. The van der Waals surface area contributed by atoms with Crippen LogP contribution in [-0.2, 0) is 24.7 Å². The SMILES string of the molecule is Cc1cc(-c2cc3c(c(C(C)c4ccccc4)c2)CC(=O)CC3)cn(C)c1=O. The molecule has 1 unspecified atom stereocenters. The summed E-state index contributed by atoms with van der Waals surface area (Å²) in [5.41, 5.74) is 7.86. The number of hydrogen-bond donors (Lipinski definition) is 0. The maximum absolute atomic E-state index is 12.2. The second-order valence-corrected chi connectivity index (χ2v) is 7.88. The van der Waals surface area contributed by atoms with Crippen LogP contribution in [0.25, 0.3) is 11.1 Å². The number of nitrogens with zero attached hydrogens (tertiary/aromatic N) is 1. The second-order valence-electron chi connectivity index (χ2n) is 7.88. The molecule has 142 valence electrons. The Labute approximate surface area is 165 Å². The molecule has 0 bridgehead atoms. The van der Waals surface area contributed by atoms with E-state index in [0.29, 0.717) is 18.6 Å². The van der Waals surface area contributed by atoms with Gasteiger partial charge in [-0.25, -0.2) is 0 Å². The minimum atomic E-state index is 0.0326. The molecule has 3 aromatic rings. The van der Waals surface area contributed by atoms with Crippen molar-refractivity contribution in [3.63, 3.8) is 0 Å². The average molecular weight is 371 g/mol. The predicted molar refractivity (Wildman–Crippen MR) is 113 cm³/mol. The third kappa shape index (κ3) is 3.33. The Kier molecular flexibility index (Phi) is 4.76. The minimum Gasteiger partial charge on any atom is -0.318 e. The summed E-state index contributed by atoms with van der Waals surface area (Å²) in [4.78, 5) is 24.3. The van der Waals surface area contributed by atoms with Crippen LogP contribution < -0.4 is 5.56 Å². The van der Waals surface area contributed by atoms with Crippen LogP contribution in [0.1, 0.15) is 47.1 Å². The molecule has 0 aliphatic heterocycles. The summed E-state index contributed by atoms with van der Waals surface area (Å²) in [5, 5.41) is 0. The van der Waals surface area contributed by atoms with Crippen molar-refractivity contribution in [1.82, 2.24) is 4.57 Å². The van der Waals surface area contributed by atoms with Crippen molar-refractivity contribution >= 4 is 5.78 Å². The van der Waals surface area contributed by atoms with Crippen LogP contribution in [0.3, 0.4) is 0 Å². The molecule has 0 fully saturated rings. The summed E-state index contributed by atoms with van der Waals surface area (Å²) in [5.74, 6) is 0.522. The normalized spacial score (nSPS) is 14.6. The Morgan fingerprint density at radius 2 is 1.71 bits per heavy atom. The van der Waals surface area contributed by atoms with E-state index in [2.05, 4.69) is 43.3 Å². The lowest BCUT2D eigenvalue weighted by molar-refractivity contribution is -0.118. The summed E-state index contributed by atoms with van der Waals surface area (Å²) in [6.07, 6.45) is 3.83. The van der Waals surface area contributed by atoms with Crippen LogP contribution in [0.5, 0.6) is 0 Å². The number of aryl methyl sites for hydroxylation is 3. The molecule has 0 spiro atoms. The van der Waals surface area contributed by atoms with E-state index in [0.717, 1.165) is 23.1 Å². The van der Waals surface area contributed by atoms with Crippen molar-refractivity contribution in [2.45, 2.75) is 39.0 Å². The lowest BCUT2D eigenvalue weighted by Crippen LogP contribution is -2.19. The molecular weight excluding hydrogens is 346 g/mol. The largest absolute Gasteiger partial charge is 0.318 e. The summed E-state index contributed by atoms with van der Waals surface area (Å²) in [6.45, 7) is 4.07. The van der Waals surface area contributed by atoms with E-state index in [1.54, 1.807) is 11.6 Å². The molecule has 3 heteroatoms. The lowest BCUT2D eigenvalue weighted by Gasteiger charge is -2.24. The predicted octanol–water partition coefficient (Wildman–Crippen LogP) is 4.57. The van der Waals surface area contributed by atoms with E-state index in [1.165, 1.54) is 22.3 Å². The van der Waals surface area contributed by atoms with E-state index in [9.17, 15) is 9.59 Å². The van der Waals surface area contributed by atoms with Crippen molar-refractivity contribution in [3.8, 4) is 11.1 Å². The zero-order valence-corrected chi connectivity index (χ0v) is 16.7. The Bertz CT molecular complexity index is 1080. The third-order valence-corrected chi connectivity index (χ3v) is 5.89. The number of pyridine rings is 1. The van der Waals surface area contributed by atoms with Gasteiger partial charge < -0.3 is 4.57 Å². The quantitative estimate of drug-likeness (QED) is 0.676. The van der Waals surface area contributed by atoms with Crippen LogP contribution in [-0.4, -0.2) is 10.4 Å². The summed E-state index contributed by atoms with van der Waals surface area (Å²) in [6, 6.07) is 16.8. The molecule has 1 aromatic heterocycles. The van der Waals surface area contributed by atoms with Gasteiger partial charge in [-0.05, 0) is 52.8 Å². The maximum atomic E-state index is 12.2. The summed E-state index contributed by atoms with van der Waals surface area (Å²) in [7, 11) is 1.80. The fourth-order valence-corrected chi connectivity index (χ4v) is 4.26. The van der Waals surface area contributed by atoms with Crippen LogP contribution in [0.4, 0.5) is 0 Å². The van der Waals surface area contributed by atoms with Crippen molar-refractivity contribution in [2.75, 3.05) is 0 Å². The van der Waals surface area contributed by atoms with Crippen molar-refractivity contribution in [3.05, 3.63) is 92.9 Å². The van der Waals surface area contributed by atoms with Gasteiger partial charge in [0.1, 0.15) is 5.78 Å². The van der Waals surface area contributed by atoms with Gasteiger partial charge in [0.05, 0.1) is 0 Å². The van der Waals surface area contributed by atoms with Crippen LogP contribution in [0.2, 0.25) is 0 Å². The molecule has 0 saturated heterocycles. The molecule has 28 heavy (non-hydrogen) atoms. The number of aromatic nitrogens is 1. The second kappa shape index (κ2) is 7.23. The van der Waals surface area contributed by atoms with Gasteiger partial charge in [-0.3, -0.25) is 9.59 Å². The third-order valence-electron chi connectivity index (χ3n) is 5.89. The van der Waals surface area contributed by atoms with Gasteiger partial charge in [0.2, 0.25) is 0 Å². The number of benzene rings is 2. The van der Waals surface area contributed by atoms with Gasteiger partial charge in [-0.1, -0.05) is 49.4 Å². The number of ketones is 1. The lowest BCUT2D eigenvalue weighted by atomic mass is 9.79. The Balaban J connectivity index is 1.91. The van der Waals surface area contributed by atoms with E-state index in [1.807, 2.05) is 25.3 Å². The van der Waals surface area contributed by atoms with Gasteiger partial charge in [0, 0.05) is 37.6 Å². The zero-order valence-electron chi connectivity index (χ0n) is 16.7. The monoisotopic (exact) mass is 371 g/mol. The molecule has 1 atom stereocenters. The minimum absolute atomic E-state index is 0.0326. The molecule has 1 aliphatic carbocycles. The average Bonchev–Trinajstić information content (AvgIpc) is 2.71. The molecule has 2 aromatic carbocycles. The topological polar surface area (TPSA) is 39.1 Å². The number of carbonyl (C=O) groups excluding carboxylic acids is 1. The van der Waals surface area contributed by atoms with Crippen molar-refractivity contribution in [1.29, 1.82) is 0 Å². The van der Waals surface area contributed by atoms with Crippen LogP contribution in [0.15, 0.2) is 59.5 Å². The van der Waals surface area contributed by atoms with E-state index in [4.69, 9.17) is 0 Å². The van der Waals surface area contributed by atoms with Gasteiger partial charge >= 0.3 is 0 Å². The highest BCUT2D eigenvalue weighted by molar-refractivity contribution is 5.84. The summed E-state index contributed by atoms with van der Waals surface area (Å²) < 4.78 is 1.65. The number of hydrogen-bond acceptors (Lipinski definition) is 2. The first-order valence-electron chi connectivity index (χ1n) is 9.84. The van der Waals surface area contributed by atoms with Gasteiger partial charge in [0.15, 0.2) is 0 Å². The molecule has 1 aliphatic rings. The van der Waals surface area contributed by atoms with Crippen LogP contribution >= 0.6 is 0 Å². The first kappa shape index (κ1) is 18.4. The van der Waals surface area contributed by atoms with Crippen molar-refractivity contribution < 1.29 is 4.79 Å². The van der Waals surface area contributed by atoms with E-state index < -0.39 is 0 Å². The molecule has 0 saturated carbocycles. The number of Topliss-reactive ketones (excluding diaryl/α,β-unsaturated/α-hetero) is 1. The standard InChI is InChI=1S/C25H25NO2/c1-16-11-21(15-26(3)25(16)28)20-12-19-9-10-22(27)14-24(19)23(13-20)17(2)18-7-5-4-6-8-18/h4-8,11-13,15,17H,9-10,14H2,1-3H3. The molecule has 0 amide bonds. The molecule has 4 rings (SSSR count). The fraction of sp³-hybridized carbons (Fsp3) is 0.280. The first-order valence-corrected chi connectivity index (χ1v) is 9.84. The smallest absolute Gasteiger partial charge is 0.253 e. The fourth-order valence-electron chi connectivity index (χ4n) is 4.26. The molecule has 0 N–H and O–H groups in total.